The Morgan fingerprint density at radius 2 is 2.11 bits per heavy atom. The van der Waals surface area contributed by atoms with E-state index in [4.69, 9.17) is 16.7 Å². The van der Waals surface area contributed by atoms with Crippen molar-refractivity contribution >= 4 is 56.6 Å². The zero-order valence-corrected chi connectivity index (χ0v) is 23.0. The second-order valence-corrected chi connectivity index (χ2v) is 13.2. The van der Waals surface area contributed by atoms with Gasteiger partial charge in [0, 0.05) is 33.8 Å². The summed E-state index contributed by atoms with van der Waals surface area (Å²) >= 11 is 9.52. The highest BCUT2D eigenvalue weighted by Crippen LogP contribution is 2.49. The number of nitrogens with two attached hydrogens (primary N) is 1. The Morgan fingerprint density at radius 1 is 1.30 bits per heavy atom. The Morgan fingerprint density at radius 3 is 2.89 bits per heavy atom. The molecular weight excluding hydrogens is 556 g/mol. The minimum absolute atomic E-state index is 0.118. The normalized spacial score (nSPS) is 23.2. The Balaban J connectivity index is 1.34. The number of nitrogens with zero attached hydrogens (tertiary/aromatic N) is 2. The lowest BCUT2D eigenvalue weighted by Gasteiger charge is -2.15. The molecule has 0 spiro atoms. The zero-order chi connectivity index (χ0) is 26.3. The van der Waals surface area contributed by atoms with Gasteiger partial charge in [0.05, 0.1) is 28.4 Å². The number of aliphatic hydroxyl groups excluding tert-OH is 1. The van der Waals surface area contributed by atoms with Crippen LogP contribution >= 0.6 is 34.7 Å². The number of aliphatic hydroxyl groups is 1. The van der Waals surface area contributed by atoms with Crippen LogP contribution in [0.25, 0.3) is 0 Å². The van der Waals surface area contributed by atoms with E-state index in [-0.39, 0.29) is 23.7 Å². The van der Waals surface area contributed by atoms with E-state index < -0.39 is 22.3 Å². The molecule has 3 aromatic rings. The number of carbonyl (C=O) groups is 1. The third kappa shape index (κ3) is 5.85. The molecule has 196 valence electrons. The third-order valence-electron chi connectivity index (χ3n) is 6.66. The SMILES string of the molecule is Cc1sc(C(=O)c2cncnc2NC2CC(O)C(COS(N)(=O)=O)C2)cc1[C@@H]1SCc2ccc(Cl)cc21. The van der Waals surface area contributed by atoms with Crippen LogP contribution in [-0.2, 0) is 20.2 Å². The number of thioether (sulfide) groups is 1. The lowest BCUT2D eigenvalue weighted by molar-refractivity contribution is 0.101. The lowest BCUT2D eigenvalue weighted by Crippen LogP contribution is -2.24. The number of thiophene rings is 1. The highest BCUT2D eigenvalue weighted by Gasteiger charge is 2.35. The molecule has 3 heterocycles. The highest BCUT2D eigenvalue weighted by atomic mass is 35.5. The van der Waals surface area contributed by atoms with Gasteiger partial charge < -0.3 is 10.4 Å². The molecule has 3 unspecified atom stereocenters. The maximum Gasteiger partial charge on any atom is 0.333 e. The topological polar surface area (TPSA) is 144 Å². The smallest absolute Gasteiger partial charge is 0.333 e. The number of anilines is 1. The van der Waals surface area contributed by atoms with Crippen LogP contribution in [-0.4, -0.2) is 48.0 Å². The Hall–Kier alpha value is -2.06. The molecule has 0 saturated heterocycles. The number of hydrogen-bond donors (Lipinski definition) is 3. The van der Waals surface area contributed by atoms with Crippen molar-refractivity contribution in [3.63, 3.8) is 0 Å². The van der Waals surface area contributed by atoms with Crippen LogP contribution in [0, 0.1) is 12.8 Å². The van der Waals surface area contributed by atoms with E-state index >= 15 is 0 Å². The van der Waals surface area contributed by atoms with E-state index in [1.165, 1.54) is 35.0 Å². The summed E-state index contributed by atoms with van der Waals surface area (Å²) in [4.78, 5) is 23.6. The molecule has 4 atom stereocenters. The van der Waals surface area contributed by atoms with E-state index in [0.29, 0.717) is 34.1 Å². The standard InChI is InChI=1S/C24H25ClN4O5S3/c1-12-17(23-18-5-15(25)3-2-13(18)10-35-23)7-21(36-12)22(31)19-8-27-11-28-24(19)29-16-4-14(20(30)6-16)9-34-37(26,32)33/h2-3,5,7-8,11,14,16,20,23,30H,4,6,9-10H2,1H3,(H2,26,32,33)(H,27,28,29)/t14?,16?,20?,23-/m0/s1. The molecule has 0 bridgehead atoms. The fraction of sp³-hybridized carbons (Fsp3) is 0.375. The average Bonchev–Trinajstić information content (AvgIpc) is 3.53. The summed E-state index contributed by atoms with van der Waals surface area (Å²) in [6.07, 6.45) is 2.84. The number of nitrogens with one attached hydrogen (secondary N) is 1. The van der Waals surface area contributed by atoms with Gasteiger partial charge in [0.25, 0.3) is 0 Å². The van der Waals surface area contributed by atoms with Gasteiger partial charge in [-0.15, -0.1) is 23.1 Å². The van der Waals surface area contributed by atoms with Crippen LogP contribution in [0.5, 0.6) is 0 Å². The number of aryl methyl sites for hydroxylation is 1. The molecule has 1 aliphatic carbocycles. The van der Waals surface area contributed by atoms with Crippen LogP contribution in [0.2, 0.25) is 5.02 Å². The zero-order valence-electron chi connectivity index (χ0n) is 19.8. The highest BCUT2D eigenvalue weighted by molar-refractivity contribution is 7.99. The largest absolute Gasteiger partial charge is 0.393 e. The van der Waals surface area contributed by atoms with Gasteiger partial charge in [0.1, 0.15) is 12.1 Å². The number of carbonyl (C=O) groups excluding carboxylic acids is 1. The number of benzene rings is 1. The Labute approximate surface area is 228 Å². The van der Waals surface area contributed by atoms with Crippen LogP contribution in [0.4, 0.5) is 5.82 Å². The lowest BCUT2D eigenvalue weighted by atomic mass is 10.00. The van der Waals surface area contributed by atoms with Crippen molar-refractivity contribution in [1.82, 2.24) is 9.97 Å². The summed E-state index contributed by atoms with van der Waals surface area (Å²) in [6.45, 7) is 1.81. The summed E-state index contributed by atoms with van der Waals surface area (Å²) in [5.41, 5.74) is 3.87. The van der Waals surface area contributed by atoms with Crippen molar-refractivity contribution in [3.05, 3.63) is 73.8 Å². The number of rotatable bonds is 8. The molecule has 13 heteroatoms. The molecule has 37 heavy (non-hydrogen) atoms. The Bertz CT molecular complexity index is 1450. The number of fused-ring (bicyclic) bond motifs is 1. The summed E-state index contributed by atoms with van der Waals surface area (Å²) in [6, 6.07) is 7.68. The van der Waals surface area contributed by atoms with Crippen molar-refractivity contribution in [1.29, 1.82) is 0 Å². The van der Waals surface area contributed by atoms with Gasteiger partial charge in [-0.3, -0.25) is 8.98 Å². The fourth-order valence-corrected chi connectivity index (χ4v) is 7.91. The molecule has 0 radical (unpaired) electrons. The molecule has 2 aliphatic rings. The van der Waals surface area contributed by atoms with Gasteiger partial charge in [-0.25, -0.2) is 15.1 Å². The second-order valence-electron chi connectivity index (χ2n) is 9.19. The van der Waals surface area contributed by atoms with Crippen molar-refractivity contribution < 1.29 is 22.5 Å². The van der Waals surface area contributed by atoms with Gasteiger partial charge in [-0.2, -0.15) is 8.42 Å². The summed E-state index contributed by atoms with van der Waals surface area (Å²) in [7, 11) is -4.09. The predicted octanol–water partition coefficient (Wildman–Crippen LogP) is 3.84. The Kier molecular flexibility index (Phi) is 7.60. The van der Waals surface area contributed by atoms with Crippen LogP contribution < -0.4 is 10.5 Å². The molecule has 1 aliphatic heterocycles. The van der Waals surface area contributed by atoms with Gasteiger partial charge in [0.15, 0.2) is 0 Å². The molecule has 1 aromatic carbocycles. The molecule has 4 N–H and O–H groups in total. The van der Waals surface area contributed by atoms with Crippen LogP contribution in [0.15, 0.2) is 36.8 Å². The summed E-state index contributed by atoms with van der Waals surface area (Å²) in [5.74, 6) is 0.654. The van der Waals surface area contributed by atoms with Gasteiger partial charge in [0.2, 0.25) is 5.78 Å². The minimum atomic E-state index is -4.09. The molecule has 2 aromatic heterocycles. The van der Waals surface area contributed by atoms with E-state index in [1.807, 2.05) is 36.9 Å². The molecule has 1 fully saturated rings. The molecular formula is C24H25ClN4O5S3. The number of hydrogen-bond acceptors (Lipinski definition) is 10. The molecule has 0 amide bonds. The third-order valence-corrected chi connectivity index (χ3v) is 9.74. The first-order valence-corrected chi connectivity index (χ1v) is 15.3. The van der Waals surface area contributed by atoms with Crippen molar-refractivity contribution in [2.45, 2.75) is 42.9 Å². The van der Waals surface area contributed by atoms with Gasteiger partial charge in [-0.05, 0) is 54.7 Å². The van der Waals surface area contributed by atoms with E-state index in [1.54, 1.807) is 0 Å². The second kappa shape index (κ2) is 10.6. The first kappa shape index (κ1) is 26.5. The first-order valence-electron chi connectivity index (χ1n) is 11.6. The summed E-state index contributed by atoms with van der Waals surface area (Å²) in [5, 5.41) is 19.3. The summed E-state index contributed by atoms with van der Waals surface area (Å²) < 4.78 is 26.9. The quantitative estimate of drug-likeness (QED) is 0.338. The van der Waals surface area contributed by atoms with Crippen molar-refractivity contribution in [2.75, 3.05) is 11.9 Å². The van der Waals surface area contributed by atoms with E-state index in [9.17, 15) is 18.3 Å². The monoisotopic (exact) mass is 580 g/mol. The van der Waals surface area contributed by atoms with E-state index in [0.717, 1.165) is 16.2 Å². The van der Waals surface area contributed by atoms with E-state index in [2.05, 4.69) is 25.5 Å². The average molecular weight is 581 g/mol. The number of halogens is 1. The minimum Gasteiger partial charge on any atom is -0.393 e. The van der Waals surface area contributed by atoms with Crippen LogP contribution in [0.1, 0.15) is 54.9 Å². The molecule has 1 saturated carbocycles. The first-order chi connectivity index (χ1) is 17.6. The maximum atomic E-state index is 13.6. The van der Waals surface area contributed by atoms with Crippen molar-refractivity contribution in [3.8, 4) is 0 Å². The van der Waals surface area contributed by atoms with Crippen molar-refractivity contribution in [2.24, 2.45) is 11.1 Å². The number of aromatic nitrogens is 2. The predicted molar refractivity (Wildman–Crippen MR) is 144 cm³/mol. The number of ketones is 1. The van der Waals surface area contributed by atoms with Gasteiger partial charge >= 0.3 is 10.3 Å². The van der Waals surface area contributed by atoms with Crippen LogP contribution in [0.3, 0.4) is 0 Å². The molecule has 5 rings (SSSR count). The fourth-order valence-electron chi connectivity index (χ4n) is 4.85. The van der Waals surface area contributed by atoms with Gasteiger partial charge in [-0.1, -0.05) is 17.7 Å². The maximum absolute atomic E-state index is 13.6. The molecule has 9 nitrogen and oxygen atoms in total.